The van der Waals surface area contributed by atoms with Gasteiger partial charge in [0.2, 0.25) is 0 Å². The Morgan fingerprint density at radius 3 is 2.47 bits per heavy atom. The van der Waals surface area contributed by atoms with Crippen molar-refractivity contribution in [2.24, 2.45) is 0 Å². The van der Waals surface area contributed by atoms with Crippen LogP contribution in [0.25, 0.3) is 11.4 Å². The number of anilines is 1. The Balaban J connectivity index is 1.46. The quantitative estimate of drug-likeness (QED) is 0.692. The molecule has 1 N–H and O–H groups in total. The minimum absolute atomic E-state index is 0.0291. The van der Waals surface area contributed by atoms with E-state index in [2.05, 4.69) is 28.5 Å². The highest BCUT2D eigenvalue weighted by molar-refractivity contribution is 5.93. The molecule has 1 saturated carbocycles. The number of nitrogens with one attached hydrogen (secondary N) is 1. The molecule has 0 unspecified atom stereocenters. The molecular formula is C25H26N4O. The first-order valence-electron chi connectivity index (χ1n) is 10.8. The second kappa shape index (κ2) is 8.27. The van der Waals surface area contributed by atoms with Gasteiger partial charge in [-0.05, 0) is 30.4 Å². The highest BCUT2D eigenvalue weighted by Gasteiger charge is 2.24. The summed E-state index contributed by atoms with van der Waals surface area (Å²) in [5.41, 5.74) is 3.94. The van der Waals surface area contributed by atoms with Crippen molar-refractivity contribution < 1.29 is 4.79 Å². The van der Waals surface area contributed by atoms with Gasteiger partial charge >= 0.3 is 0 Å². The van der Waals surface area contributed by atoms with Gasteiger partial charge in [-0.15, -0.1) is 0 Å². The molecule has 1 fully saturated rings. The predicted molar refractivity (Wildman–Crippen MR) is 118 cm³/mol. The SMILES string of the molecule is O=C(c1cc(NC2CCCC2)nc(-c2ccccc2)n1)N1CCc2ccccc2C1. The Morgan fingerprint density at radius 1 is 0.933 bits per heavy atom. The number of benzene rings is 2. The lowest BCUT2D eigenvalue weighted by molar-refractivity contribution is 0.0728. The Hall–Kier alpha value is -3.21. The number of amides is 1. The van der Waals surface area contributed by atoms with Gasteiger partial charge in [0.05, 0.1) is 0 Å². The molecule has 3 aromatic rings. The summed E-state index contributed by atoms with van der Waals surface area (Å²) in [4.78, 5) is 24.7. The lowest BCUT2D eigenvalue weighted by Crippen LogP contribution is -2.36. The van der Waals surface area contributed by atoms with Crippen molar-refractivity contribution in [1.29, 1.82) is 0 Å². The Kier molecular flexibility index (Phi) is 5.18. The summed E-state index contributed by atoms with van der Waals surface area (Å²) in [6.07, 6.45) is 5.67. The van der Waals surface area contributed by atoms with Gasteiger partial charge in [0, 0.05) is 30.8 Å². The maximum absolute atomic E-state index is 13.4. The molecule has 1 amide bonds. The van der Waals surface area contributed by atoms with Gasteiger partial charge in [0.1, 0.15) is 11.5 Å². The van der Waals surface area contributed by atoms with E-state index in [0.29, 0.717) is 30.6 Å². The number of fused-ring (bicyclic) bond motifs is 1. The van der Waals surface area contributed by atoms with E-state index < -0.39 is 0 Å². The van der Waals surface area contributed by atoms with Gasteiger partial charge in [0.15, 0.2) is 5.82 Å². The second-order valence-electron chi connectivity index (χ2n) is 8.20. The zero-order valence-corrected chi connectivity index (χ0v) is 17.1. The Bertz CT molecular complexity index is 1040. The van der Waals surface area contributed by atoms with E-state index in [4.69, 9.17) is 4.98 Å². The number of carbonyl (C=O) groups is 1. The lowest BCUT2D eigenvalue weighted by Gasteiger charge is -2.28. The monoisotopic (exact) mass is 398 g/mol. The minimum atomic E-state index is -0.0291. The average molecular weight is 399 g/mol. The molecule has 5 heteroatoms. The first-order valence-corrected chi connectivity index (χ1v) is 10.8. The normalized spacial score (nSPS) is 16.3. The van der Waals surface area contributed by atoms with Crippen molar-refractivity contribution in [3.8, 4) is 11.4 Å². The Labute approximate surface area is 177 Å². The minimum Gasteiger partial charge on any atom is -0.367 e. The van der Waals surface area contributed by atoms with E-state index in [9.17, 15) is 4.79 Å². The summed E-state index contributed by atoms with van der Waals surface area (Å²) in [5.74, 6) is 1.31. The lowest BCUT2D eigenvalue weighted by atomic mass is 10.00. The molecule has 152 valence electrons. The molecule has 2 aromatic carbocycles. The van der Waals surface area contributed by atoms with Gasteiger partial charge in [-0.25, -0.2) is 9.97 Å². The van der Waals surface area contributed by atoms with Crippen LogP contribution in [0.15, 0.2) is 60.7 Å². The first kappa shape index (κ1) is 18.8. The van der Waals surface area contributed by atoms with Crippen LogP contribution >= 0.6 is 0 Å². The number of nitrogens with zero attached hydrogens (tertiary/aromatic N) is 3. The van der Waals surface area contributed by atoms with Crippen LogP contribution in [-0.4, -0.2) is 33.4 Å². The molecule has 0 bridgehead atoms. The molecule has 1 aromatic heterocycles. The molecule has 2 heterocycles. The third kappa shape index (κ3) is 3.92. The van der Waals surface area contributed by atoms with Crippen molar-refractivity contribution in [3.63, 3.8) is 0 Å². The van der Waals surface area contributed by atoms with Gasteiger partial charge < -0.3 is 10.2 Å². The average Bonchev–Trinajstić information content (AvgIpc) is 3.31. The molecule has 30 heavy (non-hydrogen) atoms. The molecule has 5 nitrogen and oxygen atoms in total. The number of rotatable bonds is 4. The topological polar surface area (TPSA) is 58.1 Å². The number of hydrogen-bond donors (Lipinski definition) is 1. The predicted octanol–water partition coefficient (Wildman–Crippen LogP) is 4.70. The Morgan fingerprint density at radius 2 is 1.67 bits per heavy atom. The maximum Gasteiger partial charge on any atom is 0.272 e. The van der Waals surface area contributed by atoms with Crippen molar-refractivity contribution in [2.75, 3.05) is 11.9 Å². The van der Waals surface area contributed by atoms with Gasteiger partial charge in [-0.2, -0.15) is 0 Å². The molecule has 0 radical (unpaired) electrons. The summed E-state index contributed by atoms with van der Waals surface area (Å²) in [5, 5.41) is 3.54. The molecule has 0 spiro atoms. The van der Waals surface area contributed by atoms with Crippen LogP contribution in [0.5, 0.6) is 0 Å². The zero-order valence-electron chi connectivity index (χ0n) is 17.1. The summed E-state index contributed by atoms with van der Waals surface area (Å²) in [7, 11) is 0. The summed E-state index contributed by atoms with van der Waals surface area (Å²) < 4.78 is 0. The number of aromatic nitrogens is 2. The second-order valence-corrected chi connectivity index (χ2v) is 8.20. The third-order valence-electron chi connectivity index (χ3n) is 6.10. The van der Waals surface area contributed by atoms with Crippen molar-refractivity contribution in [3.05, 3.63) is 77.5 Å². The van der Waals surface area contributed by atoms with Gasteiger partial charge in [-0.1, -0.05) is 67.4 Å². The van der Waals surface area contributed by atoms with E-state index in [0.717, 1.165) is 30.6 Å². The summed E-state index contributed by atoms with van der Waals surface area (Å²) in [6.45, 7) is 1.34. The van der Waals surface area contributed by atoms with Crippen LogP contribution in [-0.2, 0) is 13.0 Å². The fourth-order valence-electron chi connectivity index (χ4n) is 4.46. The summed E-state index contributed by atoms with van der Waals surface area (Å²) >= 11 is 0. The van der Waals surface area contributed by atoms with Gasteiger partial charge in [-0.3, -0.25) is 4.79 Å². The highest BCUT2D eigenvalue weighted by Crippen LogP contribution is 2.25. The molecule has 2 aliphatic rings. The standard InChI is InChI=1S/C25H26N4O/c30-25(29-15-14-18-8-4-5-11-20(18)17-29)22-16-23(26-21-12-6-7-13-21)28-24(27-22)19-9-2-1-3-10-19/h1-5,8-11,16,21H,6-7,12-15,17H2,(H,26,27,28). The van der Waals surface area contributed by atoms with Crippen molar-refractivity contribution in [2.45, 2.75) is 44.7 Å². The van der Waals surface area contributed by atoms with Crippen LogP contribution in [0, 0.1) is 0 Å². The van der Waals surface area contributed by atoms with Gasteiger partial charge in [0.25, 0.3) is 5.91 Å². The highest BCUT2D eigenvalue weighted by atomic mass is 16.2. The van der Waals surface area contributed by atoms with Crippen LogP contribution in [0.1, 0.15) is 47.3 Å². The van der Waals surface area contributed by atoms with E-state index in [1.165, 1.54) is 24.0 Å². The van der Waals surface area contributed by atoms with Crippen LogP contribution in [0.3, 0.4) is 0 Å². The largest absolute Gasteiger partial charge is 0.367 e. The fourth-order valence-corrected chi connectivity index (χ4v) is 4.46. The van der Waals surface area contributed by atoms with Crippen molar-refractivity contribution >= 4 is 11.7 Å². The van der Waals surface area contributed by atoms with E-state index in [1.807, 2.05) is 47.4 Å². The zero-order chi connectivity index (χ0) is 20.3. The first-order chi connectivity index (χ1) is 14.8. The molecule has 1 aliphatic heterocycles. The molecule has 5 rings (SSSR count). The number of carbonyl (C=O) groups excluding carboxylic acids is 1. The van der Waals surface area contributed by atoms with Crippen LogP contribution in [0.2, 0.25) is 0 Å². The van der Waals surface area contributed by atoms with Crippen LogP contribution < -0.4 is 5.32 Å². The smallest absolute Gasteiger partial charge is 0.272 e. The molecular weight excluding hydrogens is 372 g/mol. The van der Waals surface area contributed by atoms with E-state index in [1.54, 1.807) is 0 Å². The third-order valence-corrected chi connectivity index (χ3v) is 6.10. The van der Waals surface area contributed by atoms with E-state index in [-0.39, 0.29) is 5.91 Å². The van der Waals surface area contributed by atoms with Crippen molar-refractivity contribution in [1.82, 2.24) is 14.9 Å². The molecule has 1 aliphatic carbocycles. The van der Waals surface area contributed by atoms with Crippen LogP contribution in [0.4, 0.5) is 5.82 Å². The summed E-state index contributed by atoms with van der Waals surface area (Å²) in [6, 6.07) is 20.5. The van der Waals surface area contributed by atoms with E-state index >= 15 is 0 Å². The number of hydrogen-bond acceptors (Lipinski definition) is 4. The fraction of sp³-hybridized carbons (Fsp3) is 0.320. The molecule has 0 atom stereocenters. The maximum atomic E-state index is 13.4. The molecule has 0 saturated heterocycles.